The average Bonchev–Trinajstić information content (AvgIpc) is 3.69. The van der Waals surface area contributed by atoms with E-state index >= 15 is 0 Å². The van der Waals surface area contributed by atoms with E-state index in [1.165, 1.54) is 131 Å². The second kappa shape index (κ2) is 12.2. The second-order valence-corrected chi connectivity index (χ2v) is 17.9. The van der Waals surface area contributed by atoms with Crippen molar-refractivity contribution in [2.45, 2.75) is 119 Å². The van der Waals surface area contributed by atoms with E-state index < -0.39 is 0 Å². The van der Waals surface area contributed by atoms with Crippen molar-refractivity contribution >= 4 is 17.1 Å². The molecule has 1 heteroatoms. The van der Waals surface area contributed by atoms with Crippen molar-refractivity contribution in [3.63, 3.8) is 0 Å². The molecular formula is C48H55N. The molecule has 0 N–H and O–H groups in total. The maximum Gasteiger partial charge on any atom is 0.0461 e. The van der Waals surface area contributed by atoms with Gasteiger partial charge in [0.15, 0.2) is 0 Å². The molecule has 7 aliphatic rings. The number of hydrogen-bond acceptors (Lipinski definition) is 1. The third kappa shape index (κ3) is 5.32. The fraction of sp³-hybridized carbons (Fsp3) is 0.500. The molecule has 0 saturated heterocycles. The Labute approximate surface area is 295 Å². The van der Waals surface area contributed by atoms with Crippen LogP contribution in [-0.2, 0) is 10.8 Å². The van der Waals surface area contributed by atoms with Gasteiger partial charge in [0.25, 0.3) is 0 Å². The lowest BCUT2D eigenvalue weighted by molar-refractivity contribution is -0.00518. The summed E-state index contributed by atoms with van der Waals surface area (Å²) in [7, 11) is 0. The first-order valence-corrected chi connectivity index (χ1v) is 20.3. The lowest BCUT2D eigenvalue weighted by atomic mass is 9.48. The molecule has 49 heavy (non-hydrogen) atoms. The minimum Gasteiger partial charge on any atom is -0.311 e. The Bertz CT molecular complexity index is 1710. The van der Waals surface area contributed by atoms with Crippen LogP contribution in [0.2, 0.25) is 0 Å². The van der Waals surface area contributed by atoms with Gasteiger partial charge < -0.3 is 4.90 Å². The first kappa shape index (κ1) is 30.5. The van der Waals surface area contributed by atoms with Gasteiger partial charge >= 0.3 is 0 Å². The van der Waals surface area contributed by atoms with Gasteiger partial charge in [0.1, 0.15) is 0 Å². The molecule has 0 heterocycles. The summed E-state index contributed by atoms with van der Waals surface area (Å²) < 4.78 is 0. The van der Waals surface area contributed by atoms with Gasteiger partial charge in [-0.05, 0) is 170 Å². The summed E-state index contributed by atoms with van der Waals surface area (Å²) in [4.78, 5) is 2.54. The third-order valence-corrected chi connectivity index (χ3v) is 15.1. The van der Waals surface area contributed by atoms with E-state index in [1.54, 1.807) is 11.1 Å². The predicted molar refractivity (Wildman–Crippen MR) is 204 cm³/mol. The van der Waals surface area contributed by atoms with Crippen LogP contribution in [0.3, 0.4) is 0 Å². The fourth-order valence-corrected chi connectivity index (χ4v) is 13.2. The molecular weight excluding hydrogens is 591 g/mol. The molecule has 11 rings (SSSR count). The molecule has 0 radical (unpaired) electrons. The Balaban J connectivity index is 1.01. The number of benzene rings is 4. The molecule has 6 bridgehead atoms. The maximum absolute atomic E-state index is 2.54. The molecule has 4 aromatic carbocycles. The van der Waals surface area contributed by atoms with E-state index in [2.05, 4.69) is 108 Å². The van der Waals surface area contributed by atoms with Crippen molar-refractivity contribution < 1.29 is 0 Å². The van der Waals surface area contributed by atoms with Gasteiger partial charge in [-0.3, -0.25) is 0 Å². The van der Waals surface area contributed by atoms with Crippen molar-refractivity contribution in [2.75, 3.05) is 4.90 Å². The first-order chi connectivity index (χ1) is 24.1. The van der Waals surface area contributed by atoms with E-state index in [9.17, 15) is 0 Å². The van der Waals surface area contributed by atoms with Crippen LogP contribution in [0, 0.1) is 29.6 Å². The highest BCUT2D eigenvalue weighted by Gasteiger charge is 2.51. The van der Waals surface area contributed by atoms with E-state index in [0.29, 0.717) is 5.41 Å². The van der Waals surface area contributed by atoms with Gasteiger partial charge in [-0.1, -0.05) is 98.8 Å². The van der Waals surface area contributed by atoms with Gasteiger partial charge in [0, 0.05) is 22.5 Å². The van der Waals surface area contributed by atoms with Crippen LogP contribution in [0.15, 0.2) is 103 Å². The molecule has 4 aromatic rings. The van der Waals surface area contributed by atoms with E-state index in [1.807, 2.05) is 0 Å². The van der Waals surface area contributed by atoms with Crippen LogP contribution >= 0.6 is 0 Å². The van der Waals surface area contributed by atoms with Crippen molar-refractivity contribution in [3.05, 3.63) is 125 Å². The summed E-state index contributed by atoms with van der Waals surface area (Å²) in [6, 6.07) is 41.0. The van der Waals surface area contributed by atoms with E-state index in [0.717, 1.165) is 35.5 Å². The molecule has 0 amide bonds. The fourth-order valence-electron chi connectivity index (χ4n) is 13.2. The van der Waals surface area contributed by atoms with Crippen molar-refractivity contribution in [2.24, 2.45) is 29.6 Å². The van der Waals surface area contributed by atoms with Crippen LogP contribution in [0.1, 0.15) is 131 Å². The Morgan fingerprint density at radius 2 is 0.980 bits per heavy atom. The highest BCUT2D eigenvalue weighted by Crippen LogP contribution is 2.61. The van der Waals surface area contributed by atoms with E-state index in [-0.39, 0.29) is 5.41 Å². The van der Waals surface area contributed by atoms with Crippen molar-refractivity contribution in [1.29, 1.82) is 0 Å². The van der Waals surface area contributed by atoms with Crippen LogP contribution in [0.5, 0.6) is 0 Å². The zero-order valence-corrected chi connectivity index (χ0v) is 29.5. The van der Waals surface area contributed by atoms with Gasteiger partial charge in [0.05, 0.1) is 0 Å². The number of nitrogens with zero attached hydrogens (tertiary/aromatic N) is 1. The standard InChI is InChI=1S/C48H55N/c1-2-7-25-48(24-6-1,41-8-4-3-5-9-41)42-16-22-45(23-17-42)49(43-18-12-38(13-19-43)46-30-34-10-11-39(46)29-34)44-20-14-40(15-21-44)47-31-35-26-36(32-47)28-37(27-35)33-47/h3-5,8-9,12-23,34-37,39,46H,1-2,6-7,10-11,24-33H2. The molecule has 7 aliphatic carbocycles. The minimum absolute atomic E-state index is 0.114. The van der Waals surface area contributed by atoms with Crippen molar-refractivity contribution in [3.8, 4) is 0 Å². The van der Waals surface area contributed by atoms with Gasteiger partial charge in [-0.25, -0.2) is 0 Å². The molecule has 0 spiro atoms. The third-order valence-electron chi connectivity index (χ3n) is 15.1. The maximum atomic E-state index is 2.54. The van der Waals surface area contributed by atoms with Crippen LogP contribution in [-0.4, -0.2) is 0 Å². The number of fused-ring (bicyclic) bond motifs is 2. The highest BCUT2D eigenvalue weighted by atomic mass is 15.1. The zero-order valence-electron chi connectivity index (χ0n) is 29.5. The average molecular weight is 646 g/mol. The topological polar surface area (TPSA) is 3.24 Å². The normalized spacial score (nSPS) is 32.7. The molecule has 3 unspecified atom stereocenters. The zero-order chi connectivity index (χ0) is 32.4. The molecule has 7 saturated carbocycles. The largest absolute Gasteiger partial charge is 0.311 e. The molecule has 0 aliphatic heterocycles. The monoisotopic (exact) mass is 645 g/mol. The van der Waals surface area contributed by atoms with Gasteiger partial charge in [0.2, 0.25) is 0 Å². The van der Waals surface area contributed by atoms with Crippen LogP contribution in [0.25, 0.3) is 0 Å². The number of rotatable bonds is 7. The number of anilines is 3. The molecule has 1 nitrogen and oxygen atoms in total. The Hall–Kier alpha value is -3.32. The van der Waals surface area contributed by atoms with Gasteiger partial charge in [-0.2, -0.15) is 0 Å². The Morgan fingerprint density at radius 1 is 0.449 bits per heavy atom. The molecule has 3 atom stereocenters. The smallest absolute Gasteiger partial charge is 0.0461 e. The lowest BCUT2D eigenvalue weighted by Gasteiger charge is -2.57. The summed E-state index contributed by atoms with van der Waals surface area (Å²) in [5, 5.41) is 0. The minimum atomic E-state index is 0.114. The quantitative estimate of drug-likeness (QED) is 0.181. The summed E-state index contributed by atoms with van der Waals surface area (Å²) in [6.45, 7) is 0. The predicted octanol–water partition coefficient (Wildman–Crippen LogP) is 13.2. The molecule has 252 valence electrons. The molecule has 0 aromatic heterocycles. The first-order valence-electron chi connectivity index (χ1n) is 20.3. The van der Waals surface area contributed by atoms with Gasteiger partial charge in [-0.15, -0.1) is 0 Å². The summed E-state index contributed by atoms with van der Waals surface area (Å²) in [6.07, 6.45) is 22.4. The Kier molecular flexibility index (Phi) is 7.58. The van der Waals surface area contributed by atoms with Crippen LogP contribution < -0.4 is 4.90 Å². The number of hydrogen-bond donors (Lipinski definition) is 0. The van der Waals surface area contributed by atoms with E-state index in [4.69, 9.17) is 0 Å². The second-order valence-electron chi connectivity index (χ2n) is 17.9. The van der Waals surface area contributed by atoms with Crippen LogP contribution in [0.4, 0.5) is 17.1 Å². The lowest BCUT2D eigenvalue weighted by Crippen LogP contribution is -2.48. The van der Waals surface area contributed by atoms with Crippen molar-refractivity contribution in [1.82, 2.24) is 0 Å². The Morgan fingerprint density at radius 3 is 1.51 bits per heavy atom. The SMILES string of the molecule is c1ccc(C2(c3ccc(N(c4ccc(C5CC6CCC5C6)cc4)c4ccc(C56CC7CC(CC(C7)C5)C6)cc4)cc3)CCCCCC2)cc1. The summed E-state index contributed by atoms with van der Waals surface area (Å²) in [5.41, 5.74) is 10.6. The molecule has 7 fully saturated rings. The summed E-state index contributed by atoms with van der Waals surface area (Å²) >= 11 is 0. The highest BCUT2D eigenvalue weighted by molar-refractivity contribution is 5.77. The summed E-state index contributed by atoms with van der Waals surface area (Å²) in [5.74, 6) is 5.59.